The number of carbonyl (C=O) groups is 2. The van der Waals surface area contributed by atoms with Crippen molar-refractivity contribution >= 4 is 17.8 Å². The summed E-state index contributed by atoms with van der Waals surface area (Å²) in [5.41, 5.74) is 0. The van der Waals surface area contributed by atoms with Gasteiger partial charge in [-0.2, -0.15) is 26.3 Å². The maximum Gasteiger partial charge on any atom is 0.490 e. The average molecular weight is 560 g/mol. The van der Waals surface area contributed by atoms with Crippen LogP contribution in [0.1, 0.15) is 19.3 Å². The molecular weight excluding hydrogens is 528 g/mol. The molecule has 0 radical (unpaired) electrons. The molecule has 216 valence electrons. The SMILES string of the molecule is COc1cc(N2C[C@H]3CCN(CCN4CCCC4)C[C@H]3C2)ncn1.O=C(O)C(F)(F)F.O=C(O)C(F)(F)F. The molecule has 10 nitrogen and oxygen atoms in total. The van der Waals surface area contributed by atoms with Gasteiger partial charge in [0.25, 0.3) is 0 Å². The van der Waals surface area contributed by atoms with Crippen molar-refractivity contribution in [2.24, 2.45) is 11.8 Å². The minimum atomic E-state index is -5.08. The predicted molar refractivity (Wildman–Crippen MR) is 122 cm³/mol. The summed E-state index contributed by atoms with van der Waals surface area (Å²) in [6.07, 6.45) is -4.45. The van der Waals surface area contributed by atoms with Crippen LogP contribution in [-0.2, 0) is 9.59 Å². The average Bonchev–Trinajstić information content (AvgIpc) is 3.52. The van der Waals surface area contributed by atoms with E-state index in [1.807, 2.05) is 6.07 Å². The van der Waals surface area contributed by atoms with Crippen LogP contribution in [0.5, 0.6) is 5.88 Å². The van der Waals surface area contributed by atoms with E-state index in [4.69, 9.17) is 24.5 Å². The summed E-state index contributed by atoms with van der Waals surface area (Å²) in [5, 5.41) is 14.2. The van der Waals surface area contributed by atoms with E-state index in [9.17, 15) is 26.3 Å². The number of nitrogens with zero attached hydrogens (tertiary/aromatic N) is 5. The number of alkyl halides is 6. The fourth-order valence-electron chi connectivity index (χ4n) is 4.54. The highest BCUT2D eigenvalue weighted by Gasteiger charge is 2.39. The number of hydrogen-bond acceptors (Lipinski definition) is 8. The van der Waals surface area contributed by atoms with Crippen LogP contribution in [0.2, 0.25) is 0 Å². The van der Waals surface area contributed by atoms with Crippen LogP contribution in [0, 0.1) is 11.8 Å². The van der Waals surface area contributed by atoms with E-state index < -0.39 is 24.3 Å². The second-order valence-electron chi connectivity index (χ2n) is 9.09. The Bertz CT molecular complexity index is 889. The highest BCUT2D eigenvalue weighted by atomic mass is 19.4. The van der Waals surface area contributed by atoms with E-state index in [0.717, 1.165) is 30.7 Å². The summed E-state index contributed by atoms with van der Waals surface area (Å²) in [6.45, 7) is 9.87. The van der Waals surface area contributed by atoms with E-state index in [-0.39, 0.29) is 0 Å². The first-order valence-corrected chi connectivity index (χ1v) is 11.9. The lowest BCUT2D eigenvalue weighted by molar-refractivity contribution is -0.193. The Hall–Kier alpha value is -2.88. The van der Waals surface area contributed by atoms with Crippen molar-refractivity contribution in [1.29, 1.82) is 0 Å². The van der Waals surface area contributed by atoms with Gasteiger partial charge in [0.1, 0.15) is 12.1 Å². The Morgan fingerprint density at radius 1 is 0.895 bits per heavy atom. The number of methoxy groups -OCH3 is 1. The van der Waals surface area contributed by atoms with E-state index in [1.165, 1.54) is 58.5 Å². The number of aromatic nitrogens is 2. The monoisotopic (exact) mass is 559 g/mol. The van der Waals surface area contributed by atoms with Gasteiger partial charge in [-0.05, 0) is 50.7 Å². The van der Waals surface area contributed by atoms with Gasteiger partial charge < -0.3 is 29.6 Å². The van der Waals surface area contributed by atoms with Gasteiger partial charge in [-0.1, -0.05) is 0 Å². The summed E-state index contributed by atoms with van der Waals surface area (Å²) < 4.78 is 68.7. The van der Waals surface area contributed by atoms with Gasteiger partial charge in [0.05, 0.1) is 7.11 Å². The molecule has 3 aliphatic rings. The number of carboxylic acid groups (broad SMARTS) is 2. The van der Waals surface area contributed by atoms with Crippen LogP contribution in [0.15, 0.2) is 12.4 Å². The molecule has 0 aromatic carbocycles. The third-order valence-corrected chi connectivity index (χ3v) is 6.46. The van der Waals surface area contributed by atoms with Crippen molar-refractivity contribution in [2.75, 3.05) is 64.4 Å². The number of halogens is 6. The second-order valence-corrected chi connectivity index (χ2v) is 9.09. The van der Waals surface area contributed by atoms with E-state index >= 15 is 0 Å². The summed E-state index contributed by atoms with van der Waals surface area (Å²) >= 11 is 0. The van der Waals surface area contributed by atoms with E-state index in [1.54, 1.807) is 13.4 Å². The molecule has 4 heterocycles. The van der Waals surface area contributed by atoms with Crippen LogP contribution in [0.25, 0.3) is 0 Å². The number of likely N-dealkylation sites (tertiary alicyclic amines) is 2. The molecule has 2 atom stereocenters. The molecule has 1 aromatic heterocycles. The number of anilines is 1. The standard InChI is InChI=1S/C18H29N5O.2C2HF3O2/c1-24-18-10-17(19-14-20-18)23-12-15-4-7-22(11-16(15)13-23)9-8-21-5-2-3-6-21;2*3-2(4,5)1(6)7/h10,14-16H,2-9,11-13H2,1H3;2*(H,6,7)/t15-,16+;;/m1../s1. The molecule has 3 fully saturated rings. The van der Waals surface area contributed by atoms with Gasteiger partial charge >= 0.3 is 24.3 Å². The third kappa shape index (κ3) is 10.1. The molecule has 0 amide bonds. The Morgan fingerprint density at radius 2 is 1.42 bits per heavy atom. The first-order chi connectivity index (χ1) is 17.7. The Morgan fingerprint density at radius 3 is 1.95 bits per heavy atom. The van der Waals surface area contributed by atoms with Crippen LogP contribution >= 0.6 is 0 Å². The number of ether oxygens (including phenoxy) is 1. The summed E-state index contributed by atoms with van der Waals surface area (Å²) in [4.78, 5) is 34.1. The van der Waals surface area contributed by atoms with Gasteiger partial charge in [0.15, 0.2) is 0 Å². The zero-order valence-corrected chi connectivity index (χ0v) is 20.7. The number of fused-ring (bicyclic) bond motifs is 1. The lowest BCUT2D eigenvalue weighted by Gasteiger charge is -2.35. The number of hydrogen-bond donors (Lipinski definition) is 2. The lowest BCUT2D eigenvalue weighted by Crippen LogP contribution is -2.43. The van der Waals surface area contributed by atoms with Crippen LogP contribution in [-0.4, -0.2) is 114 Å². The summed E-state index contributed by atoms with van der Waals surface area (Å²) in [7, 11) is 1.66. The van der Waals surface area contributed by atoms with Crippen LogP contribution in [0.3, 0.4) is 0 Å². The summed E-state index contributed by atoms with van der Waals surface area (Å²) in [5.74, 6) is -2.26. The second kappa shape index (κ2) is 13.8. The van der Waals surface area contributed by atoms with Gasteiger partial charge in [-0.3, -0.25) is 0 Å². The topological polar surface area (TPSA) is 119 Å². The van der Waals surface area contributed by atoms with Crippen molar-refractivity contribution in [3.05, 3.63) is 12.4 Å². The predicted octanol–water partition coefficient (Wildman–Crippen LogP) is 2.61. The molecule has 3 aliphatic heterocycles. The summed E-state index contributed by atoms with van der Waals surface area (Å²) in [6, 6.07) is 1.96. The molecular formula is C22H31F6N5O5. The number of piperidine rings is 1. The Kier molecular flexibility index (Phi) is 11.4. The zero-order valence-electron chi connectivity index (χ0n) is 20.7. The van der Waals surface area contributed by atoms with Crippen LogP contribution < -0.4 is 9.64 Å². The van der Waals surface area contributed by atoms with Gasteiger partial charge in [0.2, 0.25) is 5.88 Å². The normalized spacial score (nSPS) is 22.0. The number of rotatable bonds is 5. The first kappa shape index (κ1) is 31.3. The molecule has 0 aliphatic carbocycles. The van der Waals surface area contributed by atoms with Crippen molar-refractivity contribution < 1.29 is 50.9 Å². The van der Waals surface area contributed by atoms with E-state index in [2.05, 4.69) is 24.7 Å². The fraction of sp³-hybridized carbons (Fsp3) is 0.727. The molecule has 4 rings (SSSR count). The quantitative estimate of drug-likeness (QED) is 0.521. The van der Waals surface area contributed by atoms with Gasteiger partial charge in [0, 0.05) is 38.8 Å². The zero-order chi connectivity index (χ0) is 28.5. The Balaban J connectivity index is 0.000000301. The molecule has 2 N–H and O–H groups in total. The first-order valence-electron chi connectivity index (χ1n) is 11.9. The molecule has 0 bridgehead atoms. The molecule has 3 saturated heterocycles. The highest BCUT2D eigenvalue weighted by molar-refractivity contribution is 5.73. The van der Waals surface area contributed by atoms with Crippen molar-refractivity contribution in [2.45, 2.75) is 31.6 Å². The lowest BCUT2D eigenvalue weighted by atomic mass is 9.89. The Labute approximate surface area is 215 Å². The molecule has 16 heteroatoms. The molecule has 0 unspecified atom stereocenters. The molecule has 0 saturated carbocycles. The smallest absolute Gasteiger partial charge is 0.481 e. The number of aliphatic carboxylic acids is 2. The van der Waals surface area contributed by atoms with E-state index in [0.29, 0.717) is 5.88 Å². The largest absolute Gasteiger partial charge is 0.490 e. The molecule has 0 spiro atoms. The highest BCUT2D eigenvalue weighted by Crippen LogP contribution is 2.33. The maximum absolute atomic E-state index is 10.6. The fourth-order valence-corrected chi connectivity index (χ4v) is 4.54. The number of carboxylic acids is 2. The van der Waals surface area contributed by atoms with Crippen molar-refractivity contribution in [3.8, 4) is 5.88 Å². The maximum atomic E-state index is 10.6. The van der Waals surface area contributed by atoms with Crippen LogP contribution in [0.4, 0.5) is 32.2 Å². The van der Waals surface area contributed by atoms with Crippen molar-refractivity contribution in [3.63, 3.8) is 0 Å². The minimum Gasteiger partial charge on any atom is -0.481 e. The molecule has 1 aromatic rings. The van der Waals surface area contributed by atoms with Gasteiger partial charge in [-0.15, -0.1) is 0 Å². The van der Waals surface area contributed by atoms with Crippen molar-refractivity contribution in [1.82, 2.24) is 19.8 Å². The van der Waals surface area contributed by atoms with Gasteiger partial charge in [-0.25, -0.2) is 19.6 Å². The minimum absolute atomic E-state index is 0.655. The third-order valence-electron chi connectivity index (χ3n) is 6.46. The molecule has 38 heavy (non-hydrogen) atoms.